The molecule has 0 aliphatic carbocycles. The summed E-state index contributed by atoms with van der Waals surface area (Å²) in [6, 6.07) is 4.18. The monoisotopic (exact) mass is 331 g/mol. The van der Waals surface area contributed by atoms with Gasteiger partial charge in [-0.15, -0.1) is 0 Å². The molecule has 1 fully saturated rings. The van der Waals surface area contributed by atoms with Gasteiger partial charge in [-0.2, -0.15) is 13.2 Å². The van der Waals surface area contributed by atoms with Crippen LogP contribution in [0.15, 0.2) is 24.3 Å². The molecule has 2 rings (SSSR count). The Hall–Kier alpha value is -1.76. The lowest BCUT2D eigenvalue weighted by atomic mass is 10.0. The Morgan fingerprint density at radius 1 is 1.30 bits per heavy atom. The van der Waals surface area contributed by atoms with Crippen molar-refractivity contribution in [3.8, 4) is 0 Å². The standard InChI is InChI=1S/C16H20F3NO3/c1-15(2,3)23-14(22)20-9-12(21)8-13(20)10-5-4-6-11(7-10)16(17,18)19/h4-7,12-13,21H,8-9H2,1-3H3. The van der Waals surface area contributed by atoms with Crippen molar-refractivity contribution in [3.63, 3.8) is 0 Å². The molecule has 1 aromatic carbocycles. The van der Waals surface area contributed by atoms with Gasteiger partial charge in [-0.05, 0) is 44.9 Å². The van der Waals surface area contributed by atoms with E-state index in [4.69, 9.17) is 4.74 Å². The minimum absolute atomic E-state index is 0.0375. The second-order valence-corrected chi connectivity index (χ2v) is 6.66. The highest BCUT2D eigenvalue weighted by Crippen LogP contribution is 2.36. The third-order valence-corrected chi connectivity index (χ3v) is 3.51. The lowest BCUT2D eigenvalue weighted by molar-refractivity contribution is -0.137. The van der Waals surface area contributed by atoms with E-state index in [9.17, 15) is 23.1 Å². The molecule has 0 spiro atoms. The molecule has 0 bridgehead atoms. The highest BCUT2D eigenvalue weighted by Gasteiger charge is 2.39. The molecule has 128 valence electrons. The highest BCUT2D eigenvalue weighted by molar-refractivity contribution is 5.69. The predicted molar refractivity (Wildman–Crippen MR) is 77.7 cm³/mol. The number of likely N-dealkylation sites (tertiary alicyclic amines) is 1. The lowest BCUT2D eigenvalue weighted by Gasteiger charge is -2.28. The van der Waals surface area contributed by atoms with Crippen molar-refractivity contribution < 1.29 is 27.8 Å². The van der Waals surface area contributed by atoms with Crippen LogP contribution in [0.2, 0.25) is 0 Å². The number of carbonyl (C=O) groups excluding carboxylic acids is 1. The number of hydrogen-bond acceptors (Lipinski definition) is 3. The normalized spacial score (nSPS) is 22.3. The summed E-state index contributed by atoms with van der Waals surface area (Å²) in [5, 5.41) is 9.84. The number of alkyl halides is 3. The van der Waals surface area contributed by atoms with Crippen molar-refractivity contribution in [2.45, 2.75) is 51.1 Å². The number of carbonyl (C=O) groups is 1. The highest BCUT2D eigenvalue weighted by atomic mass is 19.4. The summed E-state index contributed by atoms with van der Waals surface area (Å²) in [4.78, 5) is 13.5. The van der Waals surface area contributed by atoms with Gasteiger partial charge in [-0.25, -0.2) is 4.79 Å². The maximum Gasteiger partial charge on any atom is 0.416 e. The topological polar surface area (TPSA) is 49.8 Å². The fourth-order valence-corrected chi connectivity index (χ4v) is 2.57. The molecule has 2 unspecified atom stereocenters. The van der Waals surface area contributed by atoms with Crippen LogP contribution in [0.4, 0.5) is 18.0 Å². The van der Waals surface area contributed by atoms with Crippen LogP contribution in [0.25, 0.3) is 0 Å². The van der Waals surface area contributed by atoms with E-state index in [1.807, 2.05) is 0 Å². The van der Waals surface area contributed by atoms with E-state index in [1.165, 1.54) is 17.0 Å². The van der Waals surface area contributed by atoms with Crippen molar-refractivity contribution in [2.24, 2.45) is 0 Å². The fourth-order valence-electron chi connectivity index (χ4n) is 2.57. The van der Waals surface area contributed by atoms with Crippen LogP contribution in [-0.2, 0) is 10.9 Å². The van der Waals surface area contributed by atoms with Crippen molar-refractivity contribution in [1.82, 2.24) is 4.90 Å². The van der Waals surface area contributed by atoms with E-state index in [0.717, 1.165) is 12.1 Å². The van der Waals surface area contributed by atoms with Gasteiger partial charge in [-0.1, -0.05) is 12.1 Å². The number of aliphatic hydroxyl groups excluding tert-OH is 1. The van der Waals surface area contributed by atoms with Crippen LogP contribution >= 0.6 is 0 Å². The first-order chi connectivity index (χ1) is 10.5. The molecule has 4 nitrogen and oxygen atoms in total. The van der Waals surface area contributed by atoms with Gasteiger partial charge in [-0.3, -0.25) is 4.90 Å². The second-order valence-electron chi connectivity index (χ2n) is 6.66. The molecule has 2 atom stereocenters. The van der Waals surface area contributed by atoms with Crippen molar-refractivity contribution in [1.29, 1.82) is 0 Å². The Balaban J connectivity index is 2.28. The Kier molecular flexibility index (Phi) is 4.61. The van der Waals surface area contributed by atoms with Gasteiger partial charge in [0, 0.05) is 0 Å². The van der Waals surface area contributed by atoms with Crippen LogP contribution in [-0.4, -0.2) is 34.3 Å². The van der Waals surface area contributed by atoms with E-state index in [0.29, 0.717) is 5.56 Å². The van der Waals surface area contributed by atoms with Crippen LogP contribution < -0.4 is 0 Å². The summed E-state index contributed by atoms with van der Waals surface area (Å²) < 4.78 is 43.8. The third kappa shape index (κ3) is 4.37. The minimum atomic E-state index is -4.45. The van der Waals surface area contributed by atoms with Crippen LogP contribution in [0.1, 0.15) is 44.4 Å². The van der Waals surface area contributed by atoms with Crippen LogP contribution in [0.3, 0.4) is 0 Å². The number of β-amino-alcohol motifs (C(OH)–C–C–N with tert-alkyl or cyclic N) is 1. The Morgan fingerprint density at radius 2 is 1.96 bits per heavy atom. The maximum absolute atomic E-state index is 12.9. The molecule has 1 amide bonds. The molecule has 1 saturated heterocycles. The minimum Gasteiger partial charge on any atom is -0.444 e. The van der Waals surface area contributed by atoms with Gasteiger partial charge >= 0.3 is 12.3 Å². The molecule has 0 saturated carbocycles. The van der Waals surface area contributed by atoms with E-state index in [2.05, 4.69) is 0 Å². The average Bonchev–Trinajstić information content (AvgIpc) is 2.78. The zero-order chi connectivity index (χ0) is 17.4. The molecule has 0 radical (unpaired) electrons. The van der Waals surface area contributed by atoms with Gasteiger partial charge < -0.3 is 9.84 Å². The SMILES string of the molecule is CC(C)(C)OC(=O)N1CC(O)CC1c1cccc(C(F)(F)F)c1. The number of rotatable bonds is 1. The maximum atomic E-state index is 12.9. The van der Waals surface area contributed by atoms with Crippen LogP contribution in [0.5, 0.6) is 0 Å². The van der Waals surface area contributed by atoms with Crippen molar-refractivity contribution >= 4 is 6.09 Å². The number of halogens is 3. The number of hydrogen-bond donors (Lipinski definition) is 1. The summed E-state index contributed by atoms with van der Waals surface area (Å²) in [5.41, 5.74) is -1.16. The third-order valence-electron chi connectivity index (χ3n) is 3.51. The van der Waals surface area contributed by atoms with Gasteiger partial charge in [0.1, 0.15) is 5.60 Å². The van der Waals surface area contributed by atoms with Crippen LogP contribution in [0, 0.1) is 0 Å². The molecular weight excluding hydrogens is 311 g/mol. The average molecular weight is 331 g/mol. The zero-order valence-corrected chi connectivity index (χ0v) is 13.2. The van der Waals surface area contributed by atoms with E-state index >= 15 is 0 Å². The zero-order valence-electron chi connectivity index (χ0n) is 13.2. The second kappa shape index (κ2) is 6.03. The summed E-state index contributed by atoms with van der Waals surface area (Å²) in [5.74, 6) is 0. The summed E-state index contributed by atoms with van der Waals surface area (Å²) in [7, 11) is 0. The molecule has 1 aliphatic heterocycles. The number of amides is 1. The lowest BCUT2D eigenvalue weighted by Crippen LogP contribution is -2.37. The molecule has 1 aliphatic rings. The number of ether oxygens (including phenoxy) is 1. The van der Waals surface area contributed by atoms with E-state index < -0.39 is 35.6 Å². The smallest absolute Gasteiger partial charge is 0.416 e. The largest absolute Gasteiger partial charge is 0.444 e. The van der Waals surface area contributed by atoms with Gasteiger partial charge in [0.2, 0.25) is 0 Å². The fraction of sp³-hybridized carbons (Fsp3) is 0.562. The number of benzene rings is 1. The first-order valence-corrected chi connectivity index (χ1v) is 7.32. The first-order valence-electron chi connectivity index (χ1n) is 7.32. The molecule has 1 heterocycles. The molecule has 7 heteroatoms. The van der Waals surface area contributed by atoms with Gasteiger partial charge in [0.15, 0.2) is 0 Å². The van der Waals surface area contributed by atoms with E-state index in [-0.39, 0.29) is 13.0 Å². The molecular formula is C16H20F3NO3. The molecule has 23 heavy (non-hydrogen) atoms. The van der Waals surface area contributed by atoms with E-state index in [1.54, 1.807) is 20.8 Å². The van der Waals surface area contributed by atoms with Gasteiger partial charge in [0.25, 0.3) is 0 Å². The molecule has 1 aromatic rings. The Labute approximate surface area is 132 Å². The Morgan fingerprint density at radius 3 is 2.52 bits per heavy atom. The van der Waals surface area contributed by atoms with Crippen molar-refractivity contribution in [2.75, 3.05) is 6.54 Å². The summed E-state index contributed by atoms with van der Waals surface area (Å²) in [6.45, 7) is 5.15. The predicted octanol–water partition coefficient (Wildman–Crippen LogP) is 3.75. The molecule has 0 aromatic heterocycles. The number of nitrogens with zero attached hydrogens (tertiary/aromatic N) is 1. The van der Waals surface area contributed by atoms with Crippen molar-refractivity contribution in [3.05, 3.63) is 35.4 Å². The Bertz CT molecular complexity index is 581. The summed E-state index contributed by atoms with van der Waals surface area (Å²) >= 11 is 0. The first kappa shape index (κ1) is 17.6. The number of aliphatic hydroxyl groups is 1. The summed E-state index contributed by atoms with van der Waals surface area (Å²) in [6.07, 6.45) is -5.71. The molecule has 1 N–H and O–H groups in total. The van der Waals surface area contributed by atoms with Gasteiger partial charge in [0.05, 0.1) is 24.3 Å². The quantitative estimate of drug-likeness (QED) is 0.853.